The van der Waals surface area contributed by atoms with E-state index in [-0.39, 0.29) is 33.8 Å². The van der Waals surface area contributed by atoms with Crippen molar-refractivity contribution < 1.29 is 9.59 Å². The van der Waals surface area contributed by atoms with E-state index in [1.54, 1.807) is 24.3 Å². The molecule has 0 amide bonds. The summed E-state index contributed by atoms with van der Waals surface area (Å²) in [4.78, 5) is 21.2. The molecule has 25 heavy (non-hydrogen) atoms. The van der Waals surface area contributed by atoms with Crippen LogP contribution in [-0.4, -0.2) is 65.8 Å². The fourth-order valence-electron chi connectivity index (χ4n) is 1.49. The van der Waals surface area contributed by atoms with E-state index in [2.05, 4.69) is 38.1 Å². The van der Waals surface area contributed by atoms with E-state index in [1.165, 1.54) is 0 Å². The van der Waals surface area contributed by atoms with Gasteiger partial charge in [-0.1, -0.05) is 30.3 Å². The number of hydrogen-bond acceptors (Lipinski definition) is 2. The van der Waals surface area contributed by atoms with E-state index in [0.717, 1.165) is 11.1 Å². The molecule has 0 aliphatic carbocycles. The van der Waals surface area contributed by atoms with Gasteiger partial charge in [0.15, 0.2) is 0 Å². The molecule has 0 bridgehead atoms. The molecule has 0 aliphatic rings. The van der Waals surface area contributed by atoms with Crippen LogP contribution in [0.3, 0.4) is 0 Å². The summed E-state index contributed by atoms with van der Waals surface area (Å²) >= 11 is 4.83. The molecule has 3 rings (SSSR count). The SMILES string of the molecule is O=C([Se-])c1ccccc1.O=C([Se-])c1ccccc1.[Sb].[c]1ccccc1. The first-order chi connectivity index (χ1) is 11.6. The van der Waals surface area contributed by atoms with Crippen LogP contribution in [0.15, 0.2) is 91.0 Å². The molecule has 0 saturated heterocycles. The van der Waals surface area contributed by atoms with Gasteiger partial charge in [-0.3, -0.25) is 0 Å². The first-order valence-electron chi connectivity index (χ1n) is 7.05. The molecule has 4 radical (unpaired) electrons. The fourth-order valence-corrected chi connectivity index (χ4v) is 2.06. The van der Waals surface area contributed by atoms with Crippen molar-refractivity contribution in [1.82, 2.24) is 0 Å². The van der Waals surface area contributed by atoms with Crippen LogP contribution in [0.4, 0.5) is 0 Å². The summed E-state index contributed by atoms with van der Waals surface area (Å²) < 4.78 is -0.00815. The smallest absolute Gasteiger partial charge is 0 e. The Hall–Kier alpha value is -1.14. The van der Waals surface area contributed by atoms with Crippen molar-refractivity contribution in [2.75, 3.05) is 0 Å². The molecular formula is C20H15O2SbSe2-2. The molecule has 0 unspecified atom stereocenters. The van der Waals surface area contributed by atoms with Gasteiger partial charge in [0, 0.05) is 24.4 Å². The maximum absolute atomic E-state index is 10.6. The summed E-state index contributed by atoms with van der Waals surface area (Å²) in [6.45, 7) is 0. The van der Waals surface area contributed by atoms with Crippen LogP contribution in [0.25, 0.3) is 0 Å². The van der Waals surface area contributed by atoms with Crippen LogP contribution < -0.4 is 0 Å². The monoisotopic (exact) mass is 568 g/mol. The first-order valence-corrected chi connectivity index (χ1v) is 8.76. The molecule has 0 heterocycles. The quantitative estimate of drug-likeness (QED) is 0.447. The maximum Gasteiger partial charge on any atom is 0 e. The zero-order valence-electron chi connectivity index (χ0n) is 13.2. The van der Waals surface area contributed by atoms with Gasteiger partial charge in [0.05, 0.1) is 0 Å². The number of carbonyl (C=O) groups is 2. The van der Waals surface area contributed by atoms with Crippen LogP contribution in [0.5, 0.6) is 0 Å². The Morgan fingerprint density at radius 1 is 0.600 bits per heavy atom. The molecule has 3 aromatic carbocycles. The molecule has 126 valence electrons. The number of benzene rings is 3. The van der Waals surface area contributed by atoms with Crippen LogP contribution in [0.2, 0.25) is 0 Å². The van der Waals surface area contributed by atoms with E-state index < -0.39 is 0 Å². The molecule has 0 fully saturated rings. The topological polar surface area (TPSA) is 34.1 Å². The minimum atomic E-state index is -0.00407. The number of rotatable bonds is 2. The van der Waals surface area contributed by atoms with Crippen LogP contribution in [0.1, 0.15) is 20.7 Å². The van der Waals surface area contributed by atoms with Crippen molar-refractivity contribution >= 4 is 65.8 Å². The average Bonchev–Trinajstić information content (AvgIpc) is 2.65. The summed E-state index contributed by atoms with van der Waals surface area (Å²) in [5.41, 5.74) is 1.44. The molecular weight excluding hydrogens is 552 g/mol. The third-order valence-electron chi connectivity index (χ3n) is 2.63. The molecule has 0 aromatic heterocycles. The third kappa shape index (κ3) is 11.9. The van der Waals surface area contributed by atoms with E-state index in [0.29, 0.717) is 0 Å². The van der Waals surface area contributed by atoms with Crippen molar-refractivity contribution in [3.8, 4) is 0 Å². The Labute approximate surface area is 182 Å². The number of hydrogen-bond donors (Lipinski definition) is 0. The van der Waals surface area contributed by atoms with Crippen molar-refractivity contribution in [3.05, 3.63) is 108 Å². The number of carbonyl (C=O) groups excluding carboxylic acids is 2. The molecule has 0 atom stereocenters. The Morgan fingerprint density at radius 3 is 1.08 bits per heavy atom. The van der Waals surface area contributed by atoms with Gasteiger partial charge >= 0.3 is 123 Å². The van der Waals surface area contributed by atoms with Crippen molar-refractivity contribution in [1.29, 1.82) is 0 Å². The third-order valence-corrected chi connectivity index (χ3v) is 3.62. The van der Waals surface area contributed by atoms with Crippen molar-refractivity contribution in [2.24, 2.45) is 0 Å². The van der Waals surface area contributed by atoms with Crippen LogP contribution in [0, 0.1) is 6.07 Å². The van der Waals surface area contributed by atoms with Gasteiger partial charge in [0.2, 0.25) is 0 Å². The van der Waals surface area contributed by atoms with Gasteiger partial charge in [-0.05, 0) is 6.07 Å². The van der Waals surface area contributed by atoms with Crippen molar-refractivity contribution in [2.45, 2.75) is 0 Å². The second-order valence-electron chi connectivity index (χ2n) is 4.38. The van der Waals surface area contributed by atoms with Gasteiger partial charge in [-0.15, -0.1) is 0 Å². The van der Waals surface area contributed by atoms with Gasteiger partial charge in [-0.2, -0.15) is 0 Å². The fraction of sp³-hybridized carbons (Fsp3) is 0. The van der Waals surface area contributed by atoms with E-state index >= 15 is 0 Å². The molecule has 0 saturated carbocycles. The Morgan fingerprint density at radius 2 is 0.920 bits per heavy atom. The van der Waals surface area contributed by atoms with Gasteiger partial charge in [0.1, 0.15) is 0 Å². The minimum absolute atomic E-state index is 0. The summed E-state index contributed by atoms with van der Waals surface area (Å²) in [5, 5.41) is 0. The van der Waals surface area contributed by atoms with Crippen LogP contribution >= 0.6 is 0 Å². The van der Waals surface area contributed by atoms with E-state index in [9.17, 15) is 9.59 Å². The van der Waals surface area contributed by atoms with E-state index in [4.69, 9.17) is 0 Å². The van der Waals surface area contributed by atoms with Gasteiger partial charge in [0.25, 0.3) is 0 Å². The van der Waals surface area contributed by atoms with Gasteiger partial charge < -0.3 is 0 Å². The Balaban J connectivity index is 0.000000346. The summed E-state index contributed by atoms with van der Waals surface area (Å²) in [7, 11) is 0. The summed E-state index contributed by atoms with van der Waals surface area (Å²) in [6.07, 6.45) is 0. The molecule has 0 N–H and O–H groups in total. The molecule has 3 aromatic rings. The molecule has 5 heteroatoms. The molecule has 0 aliphatic heterocycles. The first kappa shape index (κ1) is 23.9. The summed E-state index contributed by atoms with van der Waals surface area (Å²) in [5.74, 6) is 0. The largest absolute Gasteiger partial charge is 0.0622 e. The summed E-state index contributed by atoms with van der Waals surface area (Å²) in [6, 6.07) is 30.7. The normalized spacial score (nSPS) is 8.32. The maximum atomic E-state index is 10.6. The Kier molecular flexibility index (Phi) is 14.4. The van der Waals surface area contributed by atoms with Crippen molar-refractivity contribution in [3.63, 3.8) is 0 Å². The standard InChI is InChI=1S/2C7H6OSe.C6H5.Sb/c2*8-7(9)6-4-2-1-3-5-6;1-2-4-6-5-3-1;/h2*1-5H,(H,8,9);1-5H;/p-2. The zero-order valence-corrected chi connectivity index (χ0v) is 19.2. The Bertz CT molecular complexity index is 644. The minimum Gasteiger partial charge on any atom is -0.0622 e. The van der Waals surface area contributed by atoms with Gasteiger partial charge in [-0.25, -0.2) is 0 Å². The van der Waals surface area contributed by atoms with E-state index in [1.807, 2.05) is 66.7 Å². The van der Waals surface area contributed by atoms with Crippen LogP contribution in [-0.2, 0) is 0 Å². The molecule has 0 spiro atoms. The average molecular weight is 567 g/mol. The second-order valence-corrected chi connectivity index (χ2v) is 5.94. The zero-order chi connectivity index (χ0) is 17.6. The predicted octanol–water partition coefficient (Wildman–Crippen LogP) is 3.10. The predicted molar refractivity (Wildman–Crippen MR) is 104 cm³/mol. The molecule has 2 nitrogen and oxygen atoms in total. The second kappa shape index (κ2) is 15.1.